The Morgan fingerprint density at radius 1 is 1.09 bits per heavy atom. The number of aryl methyl sites for hydroxylation is 1. The number of fused-ring (bicyclic) bond motifs is 1. The molecule has 0 bridgehead atoms. The molecule has 2 aliphatic heterocycles. The minimum atomic E-state index is -3.54. The van der Waals surface area contributed by atoms with E-state index < -0.39 is 16.1 Å². The molecule has 2 aromatic carbocycles. The molecule has 2 heterocycles. The molecule has 1 N–H and O–H groups in total. The maximum atomic E-state index is 12.8. The first kappa shape index (κ1) is 22.6. The number of rotatable bonds is 6. The van der Waals surface area contributed by atoms with E-state index in [1.165, 1.54) is 9.87 Å². The highest BCUT2D eigenvalue weighted by Gasteiger charge is 2.34. The topological polar surface area (TPSA) is 88.2 Å². The lowest BCUT2D eigenvalue weighted by Gasteiger charge is -2.34. The summed E-state index contributed by atoms with van der Waals surface area (Å²) in [4.78, 5) is 15.1. The first-order valence-corrected chi connectivity index (χ1v) is 12.5. The number of sulfonamides is 1. The van der Waals surface area contributed by atoms with E-state index in [0.717, 1.165) is 50.2 Å². The summed E-state index contributed by atoms with van der Waals surface area (Å²) in [5, 5.41) is 2.87. The number of carbonyl (C=O) groups excluding carboxylic acids is 1. The van der Waals surface area contributed by atoms with Crippen LogP contribution < -0.4 is 14.4 Å². The Morgan fingerprint density at radius 2 is 1.78 bits per heavy atom. The molecule has 1 amide bonds. The molecule has 0 saturated carbocycles. The Bertz CT molecular complexity index is 1070. The van der Waals surface area contributed by atoms with Crippen LogP contribution in [0.5, 0.6) is 5.75 Å². The molecule has 8 nitrogen and oxygen atoms in total. The van der Waals surface area contributed by atoms with Crippen molar-refractivity contribution in [2.75, 3.05) is 43.4 Å². The zero-order valence-electron chi connectivity index (χ0n) is 18.4. The molecule has 32 heavy (non-hydrogen) atoms. The van der Waals surface area contributed by atoms with Crippen LogP contribution in [0.4, 0.5) is 5.69 Å². The van der Waals surface area contributed by atoms with Gasteiger partial charge in [0.2, 0.25) is 10.0 Å². The minimum Gasteiger partial charge on any atom is -0.476 e. The zero-order chi connectivity index (χ0) is 22.7. The fraction of sp³-hybridized carbons (Fsp3) is 0.435. The number of carbonyl (C=O) groups is 1. The van der Waals surface area contributed by atoms with E-state index in [1.54, 1.807) is 12.1 Å². The molecule has 4 rings (SSSR count). The second-order valence-corrected chi connectivity index (χ2v) is 10.2. The Labute approximate surface area is 189 Å². The SMILES string of the molecule is Cc1ccc2c(c1)OC(C(=O)NCc1ccc(CN3CCOCC3)cc1)CN2S(C)(=O)=O. The highest BCUT2D eigenvalue weighted by molar-refractivity contribution is 7.92. The van der Waals surface area contributed by atoms with Crippen molar-refractivity contribution in [1.82, 2.24) is 10.2 Å². The minimum absolute atomic E-state index is 0.0563. The van der Waals surface area contributed by atoms with Gasteiger partial charge in [-0.3, -0.25) is 14.0 Å². The first-order chi connectivity index (χ1) is 15.3. The quantitative estimate of drug-likeness (QED) is 0.707. The van der Waals surface area contributed by atoms with Gasteiger partial charge >= 0.3 is 0 Å². The zero-order valence-corrected chi connectivity index (χ0v) is 19.2. The summed E-state index contributed by atoms with van der Waals surface area (Å²) < 4.78 is 37.0. The van der Waals surface area contributed by atoms with E-state index in [2.05, 4.69) is 22.3 Å². The maximum Gasteiger partial charge on any atom is 0.263 e. The van der Waals surface area contributed by atoms with Gasteiger partial charge < -0.3 is 14.8 Å². The molecule has 0 aliphatic carbocycles. The lowest BCUT2D eigenvalue weighted by molar-refractivity contribution is -0.127. The van der Waals surface area contributed by atoms with Crippen LogP contribution in [-0.4, -0.2) is 64.4 Å². The van der Waals surface area contributed by atoms with E-state index in [-0.39, 0.29) is 12.5 Å². The van der Waals surface area contributed by atoms with Crippen LogP contribution >= 0.6 is 0 Å². The Kier molecular flexibility index (Phi) is 6.68. The van der Waals surface area contributed by atoms with Crippen molar-refractivity contribution in [2.24, 2.45) is 0 Å². The van der Waals surface area contributed by atoms with E-state index in [0.29, 0.717) is 18.0 Å². The lowest BCUT2D eigenvalue weighted by atomic mass is 10.1. The third kappa shape index (κ3) is 5.40. The Hall–Kier alpha value is -2.62. The van der Waals surface area contributed by atoms with Crippen LogP contribution in [0, 0.1) is 6.92 Å². The lowest BCUT2D eigenvalue weighted by Crippen LogP contribution is -2.50. The first-order valence-electron chi connectivity index (χ1n) is 10.7. The second kappa shape index (κ2) is 9.48. The van der Waals surface area contributed by atoms with E-state index in [4.69, 9.17) is 9.47 Å². The third-order valence-corrected chi connectivity index (χ3v) is 6.82. The smallest absolute Gasteiger partial charge is 0.263 e. The van der Waals surface area contributed by atoms with Crippen LogP contribution in [0.2, 0.25) is 0 Å². The van der Waals surface area contributed by atoms with Crippen LogP contribution in [-0.2, 0) is 32.6 Å². The van der Waals surface area contributed by atoms with Gasteiger partial charge in [-0.2, -0.15) is 0 Å². The number of hydrogen-bond donors (Lipinski definition) is 1. The fourth-order valence-electron chi connectivity index (χ4n) is 3.89. The predicted octanol–water partition coefficient (Wildman–Crippen LogP) is 1.67. The molecular weight excluding hydrogens is 430 g/mol. The highest BCUT2D eigenvalue weighted by Crippen LogP contribution is 2.35. The summed E-state index contributed by atoms with van der Waals surface area (Å²) >= 11 is 0. The average molecular weight is 460 g/mol. The summed E-state index contributed by atoms with van der Waals surface area (Å²) in [6, 6.07) is 13.4. The highest BCUT2D eigenvalue weighted by atomic mass is 32.2. The van der Waals surface area contributed by atoms with E-state index >= 15 is 0 Å². The number of morpholine rings is 1. The van der Waals surface area contributed by atoms with Crippen LogP contribution in [0.15, 0.2) is 42.5 Å². The third-order valence-electron chi connectivity index (χ3n) is 5.68. The number of nitrogens with one attached hydrogen (secondary N) is 1. The summed E-state index contributed by atoms with van der Waals surface area (Å²) in [6.07, 6.45) is 0.217. The summed E-state index contributed by atoms with van der Waals surface area (Å²) in [6.45, 7) is 6.48. The molecule has 0 radical (unpaired) electrons. The van der Waals surface area contributed by atoms with Gasteiger partial charge in [-0.25, -0.2) is 8.42 Å². The fourth-order valence-corrected chi connectivity index (χ4v) is 4.81. The van der Waals surface area contributed by atoms with Gasteiger partial charge in [0.1, 0.15) is 5.75 Å². The predicted molar refractivity (Wildman–Crippen MR) is 122 cm³/mol. The molecule has 9 heteroatoms. The molecule has 172 valence electrons. The van der Waals surface area contributed by atoms with Crippen molar-refractivity contribution in [2.45, 2.75) is 26.1 Å². The van der Waals surface area contributed by atoms with Crippen LogP contribution in [0.3, 0.4) is 0 Å². The molecule has 2 aliphatic rings. The van der Waals surface area contributed by atoms with Gasteiger partial charge in [-0.15, -0.1) is 0 Å². The normalized spacial score (nSPS) is 19.2. The van der Waals surface area contributed by atoms with Gasteiger partial charge in [0.05, 0.1) is 31.7 Å². The molecule has 0 spiro atoms. The van der Waals surface area contributed by atoms with Crippen molar-refractivity contribution in [1.29, 1.82) is 0 Å². The summed E-state index contributed by atoms with van der Waals surface area (Å²) in [7, 11) is -3.54. The van der Waals surface area contributed by atoms with Gasteiger partial charge in [-0.1, -0.05) is 30.3 Å². The van der Waals surface area contributed by atoms with Crippen molar-refractivity contribution < 1.29 is 22.7 Å². The maximum absolute atomic E-state index is 12.8. The summed E-state index contributed by atoms with van der Waals surface area (Å²) in [5.74, 6) is 0.0532. The van der Waals surface area contributed by atoms with E-state index in [9.17, 15) is 13.2 Å². The molecule has 1 fully saturated rings. The Balaban J connectivity index is 1.37. The number of nitrogens with zero attached hydrogens (tertiary/aromatic N) is 2. The number of benzene rings is 2. The van der Waals surface area contributed by atoms with Crippen molar-refractivity contribution in [3.05, 3.63) is 59.2 Å². The van der Waals surface area contributed by atoms with Crippen molar-refractivity contribution >= 4 is 21.6 Å². The van der Waals surface area contributed by atoms with Crippen LogP contribution in [0.1, 0.15) is 16.7 Å². The average Bonchev–Trinajstić information content (AvgIpc) is 2.77. The number of hydrogen-bond acceptors (Lipinski definition) is 6. The van der Waals surface area contributed by atoms with E-state index in [1.807, 2.05) is 25.1 Å². The van der Waals surface area contributed by atoms with Gasteiger partial charge in [0, 0.05) is 26.2 Å². The Morgan fingerprint density at radius 3 is 2.47 bits per heavy atom. The number of anilines is 1. The van der Waals surface area contributed by atoms with Gasteiger partial charge in [-0.05, 0) is 35.7 Å². The molecule has 0 aromatic heterocycles. The standard InChI is InChI=1S/C23H29N3O5S/c1-17-3-8-20-21(13-17)31-22(16-26(20)32(2,28)29)23(27)24-14-18-4-6-19(7-5-18)15-25-9-11-30-12-10-25/h3-8,13,22H,9-12,14-16H2,1-2H3,(H,24,27). The largest absolute Gasteiger partial charge is 0.476 e. The molecule has 1 unspecified atom stereocenters. The van der Waals surface area contributed by atoms with Gasteiger partial charge in [0.25, 0.3) is 5.91 Å². The number of amides is 1. The number of ether oxygens (including phenoxy) is 2. The molecule has 2 aromatic rings. The van der Waals surface area contributed by atoms with Crippen LogP contribution in [0.25, 0.3) is 0 Å². The molecule has 1 atom stereocenters. The van der Waals surface area contributed by atoms with Crippen molar-refractivity contribution in [3.8, 4) is 5.75 Å². The van der Waals surface area contributed by atoms with Gasteiger partial charge in [0.15, 0.2) is 6.10 Å². The molecule has 1 saturated heterocycles. The monoisotopic (exact) mass is 459 g/mol. The van der Waals surface area contributed by atoms with Crippen molar-refractivity contribution in [3.63, 3.8) is 0 Å². The molecular formula is C23H29N3O5S. The summed E-state index contributed by atoms with van der Waals surface area (Å²) in [5.41, 5.74) is 3.57. The second-order valence-electron chi connectivity index (χ2n) is 8.29.